The minimum Gasteiger partial charge on any atom is -0.345 e. The van der Waals surface area contributed by atoms with E-state index >= 15 is 0 Å². The number of benzene rings is 1. The normalized spacial score (nSPS) is 11.8. The van der Waals surface area contributed by atoms with Crippen LogP contribution in [0, 0.1) is 20.8 Å². The maximum absolute atomic E-state index is 11.8. The Labute approximate surface area is 114 Å². The fourth-order valence-electron chi connectivity index (χ4n) is 1.94. The van der Waals surface area contributed by atoms with Crippen molar-refractivity contribution in [2.45, 2.75) is 47.1 Å². The summed E-state index contributed by atoms with van der Waals surface area (Å²) < 4.78 is 0. The predicted octanol–water partition coefficient (Wildman–Crippen LogP) is 2.47. The van der Waals surface area contributed by atoms with Crippen LogP contribution in [0.1, 0.15) is 37.0 Å². The molecule has 4 nitrogen and oxygen atoms in total. The van der Waals surface area contributed by atoms with Gasteiger partial charge in [0.1, 0.15) is 0 Å². The van der Waals surface area contributed by atoms with Crippen LogP contribution in [0.4, 0.5) is 5.69 Å². The summed E-state index contributed by atoms with van der Waals surface area (Å²) in [5.74, 6) is -1.20. The second-order valence-electron chi connectivity index (χ2n) is 5.01. The SMILES string of the molecule is CCC(C)NC(=O)C(=O)Nc1c(C)cc(C)cc1C. The fraction of sp³-hybridized carbons (Fsp3) is 0.467. The molecule has 0 saturated heterocycles. The molecule has 0 fully saturated rings. The van der Waals surface area contributed by atoms with Crippen molar-refractivity contribution in [2.75, 3.05) is 5.32 Å². The summed E-state index contributed by atoms with van der Waals surface area (Å²) in [7, 11) is 0. The number of hydrogen-bond acceptors (Lipinski definition) is 2. The zero-order valence-corrected chi connectivity index (χ0v) is 12.3. The van der Waals surface area contributed by atoms with Crippen molar-refractivity contribution < 1.29 is 9.59 Å². The molecular weight excluding hydrogens is 240 g/mol. The van der Waals surface area contributed by atoms with Crippen LogP contribution < -0.4 is 10.6 Å². The van der Waals surface area contributed by atoms with Crippen LogP contribution in [0.3, 0.4) is 0 Å². The van der Waals surface area contributed by atoms with E-state index in [1.54, 1.807) is 0 Å². The van der Waals surface area contributed by atoms with Crippen molar-refractivity contribution in [1.29, 1.82) is 0 Å². The van der Waals surface area contributed by atoms with Crippen molar-refractivity contribution in [3.8, 4) is 0 Å². The van der Waals surface area contributed by atoms with Gasteiger partial charge in [-0.25, -0.2) is 0 Å². The summed E-state index contributed by atoms with van der Waals surface area (Å²) in [5, 5.41) is 5.33. The van der Waals surface area contributed by atoms with Crippen LogP contribution in [0.2, 0.25) is 0 Å². The van der Waals surface area contributed by atoms with E-state index in [1.165, 1.54) is 0 Å². The molecule has 0 aliphatic rings. The van der Waals surface area contributed by atoms with Crippen LogP contribution in [-0.4, -0.2) is 17.9 Å². The molecule has 19 heavy (non-hydrogen) atoms. The standard InChI is InChI=1S/C15H22N2O2/c1-6-12(5)16-14(18)15(19)17-13-10(3)7-9(2)8-11(13)4/h7-8,12H,6H2,1-5H3,(H,16,18)(H,17,19). The Morgan fingerprint density at radius 1 is 1.11 bits per heavy atom. The summed E-state index contributed by atoms with van der Waals surface area (Å²) in [5.41, 5.74) is 3.77. The molecule has 1 atom stereocenters. The van der Waals surface area contributed by atoms with Crippen molar-refractivity contribution in [3.63, 3.8) is 0 Å². The van der Waals surface area contributed by atoms with Gasteiger partial charge in [-0.2, -0.15) is 0 Å². The highest BCUT2D eigenvalue weighted by atomic mass is 16.2. The summed E-state index contributed by atoms with van der Waals surface area (Å²) in [6, 6.07) is 3.96. The van der Waals surface area contributed by atoms with E-state index in [-0.39, 0.29) is 6.04 Å². The maximum Gasteiger partial charge on any atom is 0.313 e. The van der Waals surface area contributed by atoms with E-state index in [0.29, 0.717) is 0 Å². The number of anilines is 1. The number of rotatable bonds is 3. The van der Waals surface area contributed by atoms with Gasteiger partial charge in [0.05, 0.1) is 0 Å². The molecule has 1 aromatic carbocycles. The summed E-state index contributed by atoms with van der Waals surface area (Å²) in [4.78, 5) is 23.5. The largest absolute Gasteiger partial charge is 0.345 e. The van der Waals surface area contributed by atoms with Gasteiger partial charge < -0.3 is 10.6 Å². The van der Waals surface area contributed by atoms with Gasteiger partial charge >= 0.3 is 11.8 Å². The van der Waals surface area contributed by atoms with Gasteiger partial charge in [-0.3, -0.25) is 9.59 Å². The molecule has 1 rings (SSSR count). The van der Waals surface area contributed by atoms with Gasteiger partial charge in [-0.1, -0.05) is 24.6 Å². The van der Waals surface area contributed by atoms with Crippen LogP contribution in [0.25, 0.3) is 0 Å². The molecule has 0 bridgehead atoms. The van der Waals surface area contributed by atoms with Crippen LogP contribution in [0.15, 0.2) is 12.1 Å². The second-order valence-corrected chi connectivity index (χ2v) is 5.01. The lowest BCUT2D eigenvalue weighted by molar-refractivity contribution is -0.136. The Bertz CT molecular complexity index is 472. The molecule has 2 amide bonds. The lowest BCUT2D eigenvalue weighted by Crippen LogP contribution is -2.40. The lowest BCUT2D eigenvalue weighted by Gasteiger charge is -2.14. The van der Waals surface area contributed by atoms with Gasteiger partial charge in [0.25, 0.3) is 0 Å². The van der Waals surface area contributed by atoms with E-state index in [1.807, 2.05) is 46.8 Å². The predicted molar refractivity (Wildman–Crippen MR) is 77.2 cm³/mol. The van der Waals surface area contributed by atoms with Crippen molar-refractivity contribution in [2.24, 2.45) is 0 Å². The van der Waals surface area contributed by atoms with Gasteiger partial charge in [-0.05, 0) is 45.2 Å². The quantitative estimate of drug-likeness (QED) is 0.822. The number of carbonyl (C=O) groups excluding carboxylic acids is 2. The molecule has 2 N–H and O–H groups in total. The summed E-state index contributed by atoms with van der Waals surface area (Å²) >= 11 is 0. The minimum atomic E-state index is -0.615. The van der Waals surface area contributed by atoms with Crippen molar-refractivity contribution in [1.82, 2.24) is 5.32 Å². The average Bonchev–Trinajstić information content (AvgIpc) is 2.32. The smallest absolute Gasteiger partial charge is 0.313 e. The Hall–Kier alpha value is -1.84. The zero-order chi connectivity index (χ0) is 14.6. The first-order valence-corrected chi connectivity index (χ1v) is 6.54. The van der Waals surface area contributed by atoms with Gasteiger partial charge in [-0.15, -0.1) is 0 Å². The summed E-state index contributed by atoms with van der Waals surface area (Å²) in [6.07, 6.45) is 0.793. The Morgan fingerprint density at radius 2 is 1.63 bits per heavy atom. The minimum absolute atomic E-state index is 0.00142. The molecule has 0 saturated carbocycles. The van der Waals surface area contributed by atoms with Crippen LogP contribution >= 0.6 is 0 Å². The molecule has 4 heteroatoms. The lowest BCUT2D eigenvalue weighted by atomic mass is 10.1. The number of aryl methyl sites for hydroxylation is 3. The van der Waals surface area contributed by atoms with Crippen molar-refractivity contribution >= 4 is 17.5 Å². The van der Waals surface area contributed by atoms with E-state index < -0.39 is 11.8 Å². The van der Waals surface area contributed by atoms with E-state index in [4.69, 9.17) is 0 Å². The molecule has 1 aromatic rings. The van der Waals surface area contributed by atoms with E-state index in [0.717, 1.165) is 28.8 Å². The molecule has 0 aromatic heterocycles. The first kappa shape index (κ1) is 15.2. The molecule has 104 valence electrons. The van der Waals surface area contributed by atoms with Gasteiger partial charge in [0.15, 0.2) is 0 Å². The zero-order valence-electron chi connectivity index (χ0n) is 12.3. The van der Waals surface area contributed by atoms with Crippen molar-refractivity contribution in [3.05, 3.63) is 28.8 Å². The molecule has 0 spiro atoms. The average molecular weight is 262 g/mol. The maximum atomic E-state index is 11.8. The molecule has 1 unspecified atom stereocenters. The molecule has 0 aliphatic carbocycles. The number of hydrogen-bond donors (Lipinski definition) is 2. The van der Waals surface area contributed by atoms with Crippen LogP contribution in [0.5, 0.6) is 0 Å². The molecule has 0 heterocycles. The third-order valence-electron chi connectivity index (χ3n) is 3.11. The monoisotopic (exact) mass is 262 g/mol. The molecular formula is C15H22N2O2. The number of nitrogens with one attached hydrogen (secondary N) is 2. The Balaban J connectivity index is 2.80. The van der Waals surface area contributed by atoms with Gasteiger partial charge in [0, 0.05) is 11.7 Å². The highest BCUT2D eigenvalue weighted by molar-refractivity contribution is 6.39. The topological polar surface area (TPSA) is 58.2 Å². The van der Waals surface area contributed by atoms with Gasteiger partial charge in [0.2, 0.25) is 0 Å². The van der Waals surface area contributed by atoms with E-state index in [2.05, 4.69) is 10.6 Å². The Morgan fingerprint density at radius 3 is 2.11 bits per heavy atom. The fourth-order valence-corrected chi connectivity index (χ4v) is 1.94. The number of amides is 2. The molecule has 0 aliphatic heterocycles. The summed E-state index contributed by atoms with van der Waals surface area (Å²) in [6.45, 7) is 9.66. The number of carbonyl (C=O) groups is 2. The third-order valence-corrected chi connectivity index (χ3v) is 3.11. The van der Waals surface area contributed by atoms with Crippen LogP contribution in [-0.2, 0) is 9.59 Å². The first-order chi connectivity index (χ1) is 8.85. The third kappa shape index (κ3) is 4.09. The van der Waals surface area contributed by atoms with E-state index in [9.17, 15) is 9.59 Å². The highest BCUT2D eigenvalue weighted by Gasteiger charge is 2.17. The Kier molecular flexibility index (Phi) is 5.10. The highest BCUT2D eigenvalue weighted by Crippen LogP contribution is 2.21. The molecule has 0 radical (unpaired) electrons. The second kappa shape index (κ2) is 6.36. The first-order valence-electron chi connectivity index (χ1n) is 6.54.